The molecule has 0 heterocycles. The summed E-state index contributed by atoms with van der Waals surface area (Å²) in [7, 11) is 0. The number of carbonyl (C=O) groups is 2. The predicted octanol–water partition coefficient (Wildman–Crippen LogP) is 3.90. The van der Waals surface area contributed by atoms with Crippen LogP contribution in [0.4, 0.5) is 10.5 Å². The Morgan fingerprint density at radius 1 is 1.21 bits per heavy atom. The van der Waals surface area contributed by atoms with Gasteiger partial charge in [-0.3, -0.25) is 4.79 Å². The molecule has 0 atom stereocenters. The fourth-order valence-corrected chi connectivity index (χ4v) is 3.46. The third-order valence-corrected chi connectivity index (χ3v) is 5.47. The van der Waals surface area contributed by atoms with Crippen molar-refractivity contribution in [3.05, 3.63) is 29.8 Å². The summed E-state index contributed by atoms with van der Waals surface area (Å²) in [6.07, 6.45) is 5.57. The van der Waals surface area contributed by atoms with Gasteiger partial charge in [0.05, 0.1) is 0 Å². The topological polar surface area (TPSA) is 84.2 Å². The number of rotatable bonds is 5. The van der Waals surface area contributed by atoms with E-state index in [-0.39, 0.29) is 11.9 Å². The van der Waals surface area contributed by atoms with Crippen LogP contribution in [0.1, 0.15) is 63.2 Å². The number of amides is 3. The van der Waals surface area contributed by atoms with Crippen LogP contribution in [0.25, 0.3) is 0 Å². The van der Waals surface area contributed by atoms with Crippen LogP contribution < -0.4 is 16.4 Å². The molecule has 1 aliphatic carbocycles. The quantitative estimate of drug-likeness (QED) is 0.764. The average molecular weight is 331 g/mol. The molecule has 0 radical (unpaired) electrons. The summed E-state index contributed by atoms with van der Waals surface area (Å²) in [5.41, 5.74) is 6.56. The molecule has 0 unspecified atom stereocenters. The maximum atomic E-state index is 12.4. The molecule has 5 heteroatoms. The summed E-state index contributed by atoms with van der Waals surface area (Å²) in [5, 5.41) is 5.61. The van der Waals surface area contributed by atoms with Gasteiger partial charge in [-0.05, 0) is 55.2 Å². The highest BCUT2D eigenvalue weighted by molar-refractivity contribution is 5.96. The van der Waals surface area contributed by atoms with Crippen molar-refractivity contribution in [2.45, 2.75) is 58.9 Å². The zero-order chi connectivity index (χ0) is 17.7. The van der Waals surface area contributed by atoms with E-state index in [1.54, 1.807) is 24.3 Å². The van der Waals surface area contributed by atoms with Crippen LogP contribution in [0.2, 0.25) is 0 Å². The Morgan fingerprint density at radius 2 is 1.88 bits per heavy atom. The number of nitrogens with two attached hydrogens (primary N) is 1. The minimum Gasteiger partial charge on any atom is -0.351 e. The van der Waals surface area contributed by atoms with Crippen LogP contribution in [0, 0.1) is 11.3 Å². The first-order chi connectivity index (χ1) is 11.3. The number of hydrogen-bond acceptors (Lipinski definition) is 2. The number of primary amides is 1. The van der Waals surface area contributed by atoms with Crippen LogP contribution in [0.3, 0.4) is 0 Å². The zero-order valence-electron chi connectivity index (χ0n) is 14.9. The second-order valence-electron chi connectivity index (χ2n) is 7.43. The van der Waals surface area contributed by atoms with Gasteiger partial charge in [0.25, 0.3) is 5.91 Å². The van der Waals surface area contributed by atoms with Gasteiger partial charge in [0, 0.05) is 17.3 Å². The van der Waals surface area contributed by atoms with Gasteiger partial charge in [-0.15, -0.1) is 0 Å². The molecule has 0 aliphatic heterocycles. The Morgan fingerprint density at radius 3 is 2.46 bits per heavy atom. The molecule has 24 heavy (non-hydrogen) atoms. The third kappa shape index (κ3) is 4.73. The van der Waals surface area contributed by atoms with E-state index in [2.05, 4.69) is 31.4 Å². The van der Waals surface area contributed by atoms with Gasteiger partial charge < -0.3 is 16.4 Å². The number of urea groups is 1. The molecule has 1 aliphatic rings. The molecule has 0 saturated heterocycles. The molecule has 1 aromatic rings. The minimum atomic E-state index is -0.635. The van der Waals surface area contributed by atoms with Crippen LogP contribution in [0.15, 0.2) is 24.3 Å². The van der Waals surface area contributed by atoms with Crippen LogP contribution >= 0.6 is 0 Å². The Kier molecular flexibility index (Phi) is 5.86. The Labute approximate surface area is 144 Å². The van der Waals surface area contributed by atoms with Crippen molar-refractivity contribution in [2.24, 2.45) is 17.1 Å². The highest BCUT2D eigenvalue weighted by Crippen LogP contribution is 2.40. The number of carbonyl (C=O) groups excluding carboxylic acids is 2. The van der Waals surface area contributed by atoms with Crippen molar-refractivity contribution in [1.29, 1.82) is 0 Å². The van der Waals surface area contributed by atoms with E-state index in [9.17, 15) is 9.59 Å². The van der Waals surface area contributed by atoms with Gasteiger partial charge in [0.1, 0.15) is 0 Å². The minimum absolute atomic E-state index is 0.0960. The Balaban J connectivity index is 1.91. The van der Waals surface area contributed by atoms with Crippen molar-refractivity contribution < 1.29 is 9.59 Å². The van der Waals surface area contributed by atoms with Gasteiger partial charge in [0.15, 0.2) is 0 Å². The van der Waals surface area contributed by atoms with Crippen molar-refractivity contribution in [1.82, 2.24) is 5.32 Å². The first kappa shape index (κ1) is 18.3. The lowest BCUT2D eigenvalue weighted by atomic mass is 9.69. The number of hydrogen-bond donors (Lipinski definition) is 3. The van der Waals surface area contributed by atoms with Gasteiger partial charge in [-0.2, -0.15) is 0 Å². The van der Waals surface area contributed by atoms with Crippen LogP contribution in [0.5, 0.6) is 0 Å². The second-order valence-corrected chi connectivity index (χ2v) is 7.43. The smallest absolute Gasteiger partial charge is 0.316 e. The second kappa shape index (κ2) is 7.69. The lowest BCUT2D eigenvalue weighted by Gasteiger charge is -2.39. The summed E-state index contributed by atoms with van der Waals surface area (Å²) < 4.78 is 0. The fraction of sp³-hybridized carbons (Fsp3) is 0.579. The van der Waals surface area contributed by atoms with Crippen molar-refractivity contribution in [3.63, 3.8) is 0 Å². The maximum Gasteiger partial charge on any atom is 0.316 e. The third-order valence-electron chi connectivity index (χ3n) is 5.47. The van der Waals surface area contributed by atoms with Gasteiger partial charge in [0.2, 0.25) is 0 Å². The molecular weight excluding hydrogens is 302 g/mol. The van der Waals surface area contributed by atoms with E-state index >= 15 is 0 Å². The number of nitrogens with one attached hydrogen (secondary N) is 2. The van der Waals surface area contributed by atoms with Gasteiger partial charge >= 0.3 is 6.03 Å². The molecule has 1 aromatic carbocycles. The molecule has 1 fully saturated rings. The molecule has 3 amide bonds. The molecule has 0 bridgehead atoms. The fourth-order valence-electron chi connectivity index (χ4n) is 3.46. The van der Waals surface area contributed by atoms with E-state index in [0.717, 1.165) is 31.6 Å². The summed E-state index contributed by atoms with van der Waals surface area (Å²) in [5.74, 6) is 0.639. The Hall–Kier alpha value is -2.04. The summed E-state index contributed by atoms with van der Waals surface area (Å²) >= 11 is 0. The van der Waals surface area contributed by atoms with E-state index in [1.165, 1.54) is 6.42 Å². The maximum absolute atomic E-state index is 12.4. The molecule has 4 N–H and O–H groups in total. The largest absolute Gasteiger partial charge is 0.351 e. The molecule has 5 nitrogen and oxygen atoms in total. The normalized spacial score (nSPS) is 21.1. The molecule has 2 rings (SSSR count). The average Bonchev–Trinajstić information content (AvgIpc) is 2.55. The molecule has 132 valence electrons. The first-order valence-corrected chi connectivity index (χ1v) is 8.79. The van der Waals surface area contributed by atoms with Gasteiger partial charge in [-0.25, -0.2) is 4.79 Å². The zero-order valence-corrected chi connectivity index (χ0v) is 14.9. The lowest BCUT2D eigenvalue weighted by Crippen LogP contribution is -2.39. The van der Waals surface area contributed by atoms with Gasteiger partial charge in [-0.1, -0.05) is 33.3 Å². The summed E-state index contributed by atoms with van der Waals surface area (Å²) in [4.78, 5) is 23.3. The van der Waals surface area contributed by atoms with Crippen LogP contribution in [-0.2, 0) is 0 Å². The van der Waals surface area contributed by atoms with Crippen LogP contribution in [-0.4, -0.2) is 18.0 Å². The highest BCUT2D eigenvalue weighted by atomic mass is 16.2. The predicted molar refractivity (Wildman–Crippen MR) is 96.9 cm³/mol. The van der Waals surface area contributed by atoms with Crippen molar-refractivity contribution in [3.8, 4) is 0 Å². The molecule has 0 aromatic heterocycles. The number of benzene rings is 1. The molecule has 1 saturated carbocycles. The van der Waals surface area contributed by atoms with E-state index < -0.39 is 6.03 Å². The molecular formula is C19H29N3O2. The van der Waals surface area contributed by atoms with E-state index in [4.69, 9.17) is 5.73 Å². The first-order valence-electron chi connectivity index (χ1n) is 8.79. The highest BCUT2D eigenvalue weighted by Gasteiger charge is 2.32. The standard InChI is InChI=1S/C19H29N3O2/c1-4-19(2,3)14-8-10-15(11-9-14)21-17(23)13-6-5-7-16(12-13)22-18(20)24/h5-7,12,14-15H,4,8-11H2,1-3H3,(H,21,23)(H3,20,22,24). The van der Waals surface area contributed by atoms with Crippen molar-refractivity contribution in [2.75, 3.05) is 5.32 Å². The molecule has 0 spiro atoms. The summed E-state index contributed by atoms with van der Waals surface area (Å²) in [6, 6.07) is 6.43. The SMILES string of the molecule is CCC(C)(C)C1CCC(NC(=O)c2cccc(NC(N)=O)c2)CC1. The lowest BCUT2D eigenvalue weighted by molar-refractivity contribution is 0.0893. The monoisotopic (exact) mass is 331 g/mol. The number of anilines is 1. The van der Waals surface area contributed by atoms with E-state index in [1.807, 2.05) is 0 Å². The summed E-state index contributed by atoms with van der Waals surface area (Å²) in [6.45, 7) is 6.93. The van der Waals surface area contributed by atoms with E-state index in [0.29, 0.717) is 16.7 Å². The Bertz CT molecular complexity index is 590. The van der Waals surface area contributed by atoms with Crippen molar-refractivity contribution >= 4 is 17.6 Å².